The van der Waals surface area contributed by atoms with Crippen molar-refractivity contribution in [1.82, 2.24) is 20.4 Å². The highest BCUT2D eigenvalue weighted by atomic mass is 15.2. The average molecular weight is 354 g/mol. The number of likely N-dealkylation sites (tertiary alicyclic amines) is 1. The van der Waals surface area contributed by atoms with Crippen molar-refractivity contribution in [3.63, 3.8) is 0 Å². The van der Waals surface area contributed by atoms with Crippen molar-refractivity contribution in [2.75, 3.05) is 46.3 Å². The van der Waals surface area contributed by atoms with E-state index in [0.717, 1.165) is 31.5 Å². The lowest BCUT2D eigenvalue weighted by Crippen LogP contribution is -2.47. The van der Waals surface area contributed by atoms with Crippen LogP contribution >= 0.6 is 0 Å². The number of guanidine groups is 1. The molecule has 2 N–H and O–H groups in total. The van der Waals surface area contributed by atoms with Gasteiger partial charge in [-0.2, -0.15) is 0 Å². The van der Waals surface area contributed by atoms with Crippen molar-refractivity contribution < 1.29 is 0 Å². The minimum Gasteiger partial charge on any atom is -0.355 e. The van der Waals surface area contributed by atoms with Gasteiger partial charge in [0.15, 0.2) is 5.96 Å². The second kappa shape index (κ2) is 12.5. The highest BCUT2D eigenvalue weighted by molar-refractivity contribution is 5.79. The molecule has 1 aliphatic rings. The zero-order valence-electron chi connectivity index (χ0n) is 17.6. The molecule has 0 bridgehead atoms. The molecular weight excluding hydrogens is 310 g/mol. The summed E-state index contributed by atoms with van der Waals surface area (Å²) in [5, 5.41) is 7.11. The van der Waals surface area contributed by atoms with Gasteiger partial charge >= 0.3 is 0 Å². The van der Waals surface area contributed by atoms with Gasteiger partial charge in [-0.1, -0.05) is 27.7 Å². The largest absolute Gasteiger partial charge is 0.355 e. The maximum atomic E-state index is 4.42. The molecule has 1 fully saturated rings. The van der Waals surface area contributed by atoms with Crippen molar-refractivity contribution in [1.29, 1.82) is 0 Å². The van der Waals surface area contributed by atoms with E-state index in [1.807, 2.05) is 7.05 Å². The van der Waals surface area contributed by atoms with Crippen LogP contribution in [0.2, 0.25) is 0 Å². The zero-order chi connectivity index (χ0) is 18.7. The first kappa shape index (κ1) is 22.2. The van der Waals surface area contributed by atoms with Crippen LogP contribution in [0.5, 0.6) is 0 Å². The van der Waals surface area contributed by atoms with E-state index in [0.29, 0.717) is 12.1 Å². The summed E-state index contributed by atoms with van der Waals surface area (Å²) in [6.45, 7) is 18.3. The van der Waals surface area contributed by atoms with Crippen LogP contribution < -0.4 is 10.6 Å². The zero-order valence-corrected chi connectivity index (χ0v) is 17.6. The van der Waals surface area contributed by atoms with Crippen LogP contribution in [0.25, 0.3) is 0 Å². The van der Waals surface area contributed by atoms with Crippen molar-refractivity contribution in [3.8, 4) is 0 Å². The minimum atomic E-state index is 0.456. The maximum absolute atomic E-state index is 4.42. The van der Waals surface area contributed by atoms with Gasteiger partial charge in [0.1, 0.15) is 0 Å². The van der Waals surface area contributed by atoms with Crippen molar-refractivity contribution >= 4 is 5.96 Å². The summed E-state index contributed by atoms with van der Waals surface area (Å²) in [5.74, 6) is 1.69. The highest BCUT2D eigenvalue weighted by Gasteiger charge is 2.24. The van der Waals surface area contributed by atoms with Gasteiger partial charge in [0, 0.05) is 32.2 Å². The molecule has 0 aromatic carbocycles. The standard InChI is InChI=1S/C20H43N5/c1-7-24(8-2)13-9-11-18(5)23-20(21-6)22-15-19-12-10-14-25(19)16-17(3)4/h17-19H,7-16H2,1-6H3,(H2,21,22,23)/t18?,19-/m1/s1. The molecule has 0 saturated carbocycles. The smallest absolute Gasteiger partial charge is 0.191 e. The number of rotatable bonds is 11. The van der Waals surface area contributed by atoms with E-state index in [4.69, 9.17) is 0 Å². The van der Waals surface area contributed by atoms with E-state index in [9.17, 15) is 0 Å². The number of nitrogens with one attached hydrogen (secondary N) is 2. The van der Waals surface area contributed by atoms with Gasteiger partial charge < -0.3 is 15.5 Å². The fourth-order valence-electron chi connectivity index (χ4n) is 3.71. The third-order valence-electron chi connectivity index (χ3n) is 5.22. The lowest BCUT2D eigenvalue weighted by atomic mass is 10.1. The fourth-order valence-corrected chi connectivity index (χ4v) is 3.71. The van der Waals surface area contributed by atoms with Crippen molar-refractivity contribution in [2.45, 2.75) is 72.4 Å². The summed E-state index contributed by atoms with van der Waals surface area (Å²) < 4.78 is 0. The van der Waals surface area contributed by atoms with E-state index in [1.54, 1.807) is 0 Å². The van der Waals surface area contributed by atoms with Crippen LogP contribution in [-0.4, -0.2) is 74.2 Å². The van der Waals surface area contributed by atoms with E-state index < -0.39 is 0 Å². The Morgan fingerprint density at radius 2 is 1.96 bits per heavy atom. The fraction of sp³-hybridized carbons (Fsp3) is 0.950. The molecule has 0 aromatic heterocycles. The predicted molar refractivity (Wildman–Crippen MR) is 110 cm³/mol. The third-order valence-corrected chi connectivity index (χ3v) is 5.22. The summed E-state index contributed by atoms with van der Waals surface area (Å²) in [5.41, 5.74) is 0. The summed E-state index contributed by atoms with van der Waals surface area (Å²) in [6, 6.07) is 1.11. The van der Waals surface area contributed by atoms with Crippen molar-refractivity contribution in [3.05, 3.63) is 0 Å². The highest BCUT2D eigenvalue weighted by Crippen LogP contribution is 2.17. The lowest BCUT2D eigenvalue weighted by Gasteiger charge is -2.27. The summed E-state index contributed by atoms with van der Waals surface area (Å²) in [7, 11) is 1.87. The Bertz CT molecular complexity index is 365. The van der Waals surface area contributed by atoms with Gasteiger partial charge in [0.2, 0.25) is 0 Å². The molecule has 2 atom stereocenters. The first-order valence-electron chi connectivity index (χ1n) is 10.4. The lowest BCUT2D eigenvalue weighted by molar-refractivity contribution is 0.226. The van der Waals surface area contributed by atoms with Gasteiger partial charge in [-0.15, -0.1) is 0 Å². The van der Waals surface area contributed by atoms with Gasteiger partial charge in [-0.05, 0) is 64.7 Å². The van der Waals surface area contributed by atoms with Gasteiger partial charge in [-0.3, -0.25) is 9.89 Å². The van der Waals surface area contributed by atoms with Gasteiger partial charge in [0.25, 0.3) is 0 Å². The van der Waals surface area contributed by atoms with Crippen LogP contribution in [0.3, 0.4) is 0 Å². The molecule has 5 heteroatoms. The molecule has 0 aliphatic carbocycles. The van der Waals surface area contributed by atoms with Crippen molar-refractivity contribution in [2.24, 2.45) is 10.9 Å². The number of hydrogen-bond donors (Lipinski definition) is 2. The Balaban J connectivity index is 2.29. The molecule has 0 spiro atoms. The number of hydrogen-bond acceptors (Lipinski definition) is 3. The van der Waals surface area contributed by atoms with Crippen LogP contribution in [0.4, 0.5) is 0 Å². The molecule has 1 unspecified atom stereocenters. The van der Waals surface area contributed by atoms with Crippen LogP contribution in [0.1, 0.15) is 60.3 Å². The molecule has 1 aliphatic heterocycles. The first-order chi connectivity index (χ1) is 12.0. The van der Waals surface area contributed by atoms with E-state index in [-0.39, 0.29) is 0 Å². The number of aliphatic imine (C=N–C) groups is 1. The maximum Gasteiger partial charge on any atom is 0.191 e. The minimum absolute atomic E-state index is 0.456. The molecule has 1 heterocycles. The molecular formula is C20H43N5. The molecule has 0 radical (unpaired) electrons. The Kier molecular flexibility index (Phi) is 11.1. The molecule has 1 rings (SSSR count). The summed E-state index contributed by atoms with van der Waals surface area (Å²) >= 11 is 0. The molecule has 25 heavy (non-hydrogen) atoms. The normalized spacial score (nSPS) is 20.5. The summed E-state index contributed by atoms with van der Waals surface area (Å²) in [6.07, 6.45) is 5.04. The van der Waals surface area contributed by atoms with Gasteiger partial charge in [0.05, 0.1) is 0 Å². The first-order valence-corrected chi connectivity index (χ1v) is 10.4. The second-order valence-electron chi connectivity index (χ2n) is 7.85. The molecule has 5 nitrogen and oxygen atoms in total. The quantitative estimate of drug-likeness (QED) is 0.443. The SMILES string of the molecule is CCN(CC)CCCC(C)NC(=NC)NC[C@H]1CCCN1CC(C)C. The monoisotopic (exact) mass is 353 g/mol. The predicted octanol–water partition coefficient (Wildman–Crippen LogP) is 2.78. The molecule has 0 aromatic rings. The van der Waals surface area contributed by atoms with E-state index >= 15 is 0 Å². The average Bonchev–Trinajstić information content (AvgIpc) is 3.01. The van der Waals surface area contributed by atoms with Crippen LogP contribution in [0.15, 0.2) is 4.99 Å². The number of nitrogens with zero attached hydrogens (tertiary/aromatic N) is 3. The molecule has 0 amide bonds. The Morgan fingerprint density at radius 3 is 2.56 bits per heavy atom. The summed E-state index contributed by atoms with van der Waals surface area (Å²) in [4.78, 5) is 9.54. The van der Waals surface area contributed by atoms with Gasteiger partial charge in [-0.25, -0.2) is 0 Å². The molecule has 1 saturated heterocycles. The topological polar surface area (TPSA) is 42.9 Å². The Hall–Kier alpha value is -0.810. The second-order valence-corrected chi connectivity index (χ2v) is 7.85. The third kappa shape index (κ3) is 8.91. The Morgan fingerprint density at radius 1 is 1.24 bits per heavy atom. The van der Waals surface area contributed by atoms with E-state index in [2.05, 4.69) is 60.0 Å². The van der Waals surface area contributed by atoms with Crippen LogP contribution in [-0.2, 0) is 0 Å². The van der Waals surface area contributed by atoms with E-state index in [1.165, 1.54) is 45.3 Å². The molecule has 148 valence electrons. The Labute approximate surface area is 156 Å². The van der Waals surface area contributed by atoms with Crippen LogP contribution in [0, 0.1) is 5.92 Å².